The molecule has 0 bridgehead atoms. The number of hydrogen-bond acceptors (Lipinski definition) is 3. The zero-order valence-electron chi connectivity index (χ0n) is 12.7. The Morgan fingerprint density at radius 3 is 2.28 bits per heavy atom. The Bertz CT molecular complexity index is 217. The Labute approximate surface area is 112 Å². The van der Waals surface area contributed by atoms with E-state index in [1.54, 1.807) is 0 Å². The molecule has 0 rings (SSSR count). The molecule has 0 atom stereocenters. The summed E-state index contributed by atoms with van der Waals surface area (Å²) in [5.41, 5.74) is 2.61. The van der Waals surface area contributed by atoms with E-state index < -0.39 is 0 Å². The summed E-state index contributed by atoms with van der Waals surface area (Å²) in [6.45, 7) is 13.7. The van der Waals surface area contributed by atoms with Crippen LogP contribution in [0.2, 0.25) is 0 Å². The Balaban J connectivity index is 4.01. The Kier molecular flexibility index (Phi) is 9.69. The second-order valence-electron chi connectivity index (χ2n) is 5.08. The van der Waals surface area contributed by atoms with Gasteiger partial charge in [-0.05, 0) is 34.1 Å². The fourth-order valence-electron chi connectivity index (χ4n) is 1.92. The molecule has 4 N–H and O–H groups in total. The van der Waals surface area contributed by atoms with Crippen molar-refractivity contribution in [2.24, 2.45) is 10.8 Å². The van der Waals surface area contributed by atoms with Crippen molar-refractivity contribution >= 4 is 5.96 Å². The standard InChI is InChI=1S/C13H31N5/c1-6-7-8-15-13(17-14)16-9-10-18(11(2)3)12(4)5/h11-12H,6-10,14H2,1-5H3,(H2,15,16,17). The first-order valence-corrected chi connectivity index (χ1v) is 7.03. The number of nitrogens with zero attached hydrogens (tertiary/aromatic N) is 2. The van der Waals surface area contributed by atoms with Crippen LogP contribution in [0.3, 0.4) is 0 Å². The summed E-state index contributed by atoms with van der Waals surface area (Å²) in [7, 11) is 0. The van der Waals surface area contributed by atoms with Crippen LogP contribution < -0.4 is 16.6 Å². The number of unbranched alkanes of at least 4 members (excludes halogenated alkanes) is 1. The van der Waals surface area contributed by atoms with Gasteiger partial charge in [0.2, 0.25) is 5.96 Å². The van der Waals surface area contributed by atoms with Gasteiger partial charge in [0.05, 0.1) is 0 Å². The van der Waals surface area contributed by atoms with E-state index in [9.17, 15) is 0 Å². The third kappa shape index (κ3) is 7.50. The normalized spacial score (nSPS) is 12.6. The van der Waals surface area contributed by atoms with Gasteiger partial charge in [0.1, 0.15) is 0 Å². The third-order valence-corrected chi connectivity index (χ3v) is 2.91. The summed E-state index contributed by atoms with van der Waals surface area (Å²) in [4.78, 5) is 6.81. The highest BCUT2D eigenvalue weighted by atomic mass is 15.3. The summed E-state index contributed by atoms with van der Waals surface area (Å²) >= 11 is 0. The predicted octanol–water partition coefficient (Wildman–Crippen LogP) is 1.31. The number of aliphatic imine (C=N–C) groups is 1. The minimum Gasteiger partial charge on any atom is -0.354 e. The molecule has 0 saturated carbocycles. The van der Waals surface area contributed by atoms with Crippen LogP contribution in [0.5, 0.6) is 0 Å². The van der Waals surface area contributed by atoms with E-state index in [0.29, 0.717) is 18.0 Å². The van der Waals surface area contributed by atoms with Crippen molar-refractivity contribution in [3.05, 3.63) is 0 Å². The van der Waals surface area contributed by atoms with Crippen LogP contribution in [0.15, 0.2) is 4.99 Å². The molecule has 0 aromatic carbocycles. The highest BCUT2D eigenvalue weighted by Gasteiger charge is 2.12. The highest BCUT2D eigenvalue weighted by Crippen LogP contribution is 2.03. The fourth-order valence-corrected chi connectivity index (χ4v) is 1.92. The second-order valence-corrected chi connectivity index (χ2v) is 5.08. The predicted molar refractivity (Wildman–Crippen MR) is 79.5 cm³/mol. The topological polar surface area (TPSA) is 65.7 Å². The minimum absolute atomic E-state index is 0.554. The number of nitrogens with one attached hydrogen (secondary N) is 2. The quantitative estimate of drug-likeness (QED) is 0.202. The lowest BCUT2D eigenvalue weighted by Crippen LogP contribution is -2.47. The second kappa shape index (κ2) is 10.1. The van der Waals surface area contributed by atoms with E-state index in [1.165, 1.54) is 0 Å². The van der Waals surface area contributed by atoms with E-state index in [1.807, 2.05) is 0 Å². The van der Waals surface area contributed by atoms with Crippen LogP contribution >= 0.6 is 0 Å². The first-order chi connectivity index (χ1) is 8.52. The van der Waals surface area contributed by atoms with Crippen LogP contribution in [-0.2, 0) is 0 Å². The van der Waals surface area contributed by atoms with Gasteiger partial charge >= 0.3 is 0 Å². The van der Waals surface area contributed by atoms with Crippen molar-refractivity contribution in [1.29, 1.82) is 0 Å². The summed E-state index contributed by atoms with van der Waals surface area (Å²) < 4.78 is 0. The molecule has 0 fully saturated rings. The van der Waals surface area contributed by atoms with Crippen molar-refractivity contribution in [1.82, 2.24) is 15.6 Å². The molecule has 0 spiro atoms. The zero-order valence-corrected chi connectivity index (χ0v) is 12.7. The van der Waals surface area contributed by atoms with Gasteiger partial charge in [-0.1, -0.05) is 13.3 Å². The molecule has 0 radical (unpaired) electrons. The molecule has 0 aromatic rings. The van der Waals surface area contributed by atoms with Gasteiger partial charge < -0.3 is 5.32 Å². The largest absolute Gasteiger partial charge is 0.354 e. The van der Waals surface area contributed by atoms with Gasteiger partial charge in [0.15, 0.2) is 0 Å². The molecule has 18 heavy (non-hydrogen) atoms. The van der Waals surface area contributed by atoms with Gasteiger partial charge in [-0.3, -0.25) is 15.3 Å². The summed E-state index contributed by atoms with van der Waals surface area (Å²) in [5.74, 6) is 6.13. The number of rotatable bonds is 8. The van der Waals surface area contributed by atoms with Crippen LogP contribution in [0.25, 0.3) is 0 Å². The Hall–Kier alpha value is -0.810. The maximum Gasteiger partial charge on any atom is 0.205 e. The van der Waals surface area contributed by atoms with Gasteiger partial charge in [0, 0.05) is 31.7 Å². The minimum atomic E-state index is 0.554. The SMILES string of the molecule is CCCCN=C(NN)NCCN(C(C)C)C(C)C. The molecular formula is C13H31N5. The van der Waals surface area contributed by atoms with Crippen LogP contribution in [-0.4, -0.2) is 42.6 Å². The van der Waals surface area contributed by atoms with E-state index in [0.717, 1.165) is 32.5 Å². The zero-order chi connectivity index (χ0) is 14.0. The van der Waals surface area contributed by atoms with E-state index in [-0.39, 0.29) is 0 Å². The average Bonchev–Trinajstić information content (AvgIpc) is 2.31. The molecule has 0 aromatic heterocycles. The lowest BCUT2D eigenvalue weighted by atomic mass is 10.2. The third-order valence-electron chi connectivity index (χ3n) is 2.91. The number of hydrogen-bond donors (Lipinski definition) is 3. The molecule has 0 heterocycles. The van der Waals surface area contributed by atoms with Gasteiger partial charge in [0.25, 0.3) is 0 Å². The summed E-state index contributed by atoms with van der Waals surface area (Å²) in [6.07, 6.45) is 2.24. The molecule has 5 heteroatoms. The first-order valence-electron chi connectivity index (χ1n) is 7.03. The van der Waals surface area contributed by atoms with E-state index in [2.05, 4.69) is 55.3 Å². The number of guanidine groups is 1. The average molecular weight is 257 g/mol. The maximum absolute atomic E-state index is 5.43. The van der Waals surface area contributed by atoms with Crippen molar-refractivity contribution in [3.63, 3.8) is 0 Å². The van der Waals surface area contributed by atoms with Gasteiger partial charge in [-0.15, -0.1) is 0 Å². The first kappa shape index (κ1) is 17.2. The maximum atomic E-state index is 5.43. The van der Waals surface area contributed by atoms with Crippen LogP contribution in [0.1, 0.15) is 47.5 Å². The molecule has 0 amide bonds. The highest BCUT2D eigenvalue weighted by molar-refractivity contribution is 5.79. The van der Waals surface area contributed by atoms with Crippen molar-refractivity contribution in [3.8, 4) is 0 Å². The van der Waals surface area contributed by atoms with Crippen molar-refractivity contribution < 1.29 is 0 Å². The number of hydrazine groups is 1. The molecule has 0 unspecified atom stereocenters. The Morgan fingerprint density at radius 2 is 1.83 bits per heavy atom. The van der Waals surface area contributed by atoms with Crippen LogP contribution in [0, 0.1) is 0 Å². The molecular weight excluding hydrogens is 226 g/mol. The smallest absolute Gasteiger partial charge is 0.205 e. The molecule has 108 valence electrons. The summed E-state index contributed by atoms with van der Waals surface area (Å²) in [6, 6.07) is 1.11. The lowest BCUT2D eigenvalue weighted by Gasteiger charge is -2.30. The molecule has 5 nitrogen and oxygen atoms in total. The van der Waals surface area contributed by atoms with Gasteiger partial charge in [-0.25, -0.2) is 5.84 Å². The molecule has 0 aliphatic heterocycles. The fraction of sp³-hybridized carbons (Fsp3) is 0.923. The molecule has 0 aliphatic carbocycles. The Morgan fingerprint density at radius 1 is 1.22 bits per heavy atom. The van der Waals surface area contributed by atoms with Crippen molar-refractivity contribution in [2.75, 3.05) is 19.6 Å². The lowest BCUT2D eigenvalue weighted by molar-refractivity contribution is 0.178. The molecule has 0 aliphatic rings. The summed E-state index contributed by atoms with van der Waals surface area (Å²) in [5, 5.41) is 3.24. The van der Waals surface area contributed by atoms with E-state index in [4.69, 9.17) is 5.84 Å². The number of nitrogens with two attached hydrogens (primary N) is 1. The monoisotopic (exact) mass is 257 g/mol. The molecule has 0 saturated heterocycles. The van der Waals surface area contributed by atoms with Gasteiger partial charge in [-0.2, -0.15) is 0 Å². The van der Waals surface area contributed by atoms with E-state index >= 15 is 0 Å². The van der Waals surface area contributed by atoms with Crippen LogP contribution in [0.4, 0.5) is 0 Å². The van der Waals surface area contributed by atoms with Crippen molar-refractivity contribution in [2.45, 2.75) is 59.5 Å².